The fourth-order valence-corrected chi connectivity index (χ4v) is 3.86. The average molecular weight is 372 g/mol. The number of carbonyl (C=O) groups is 1. The lowest BCUT2D eigenvalue weighted by Crippen LogP contribution is -2.35. The highest BCUT2D eigenvalue weighted by Gasteiger charge is 2.32. The van der Waals surface area contributed by atoms with E-state index < -0.39 is 5.60 Å². The minimum absolute atomic E-state index is 0.387. The van der Waals surface area contributed by atoms with Crippen LogP contribution >= 0.6 is 11.8 Å². The van der Waals surface area contributed by atoms with Crippen molar-refractivity contribution in [3.8, 4) is 5.75 Å². The molecule has 3 rings (SSSR count). The highest BCUT2D eigenvalue weighted by Crippen LogP contribution is 2.50. The first-order valence-corrected chi connectivity index (χ1v) is 9.41. The van der Waals surface area contributed by atoms with Gasteiger partial charge in [-0.15, -0.1) is 0 Å². The number of hydrogen-bond donors (Lipinski definition) is 1. The Morgan fingerprint density at radius 2 is 1.77 bits per heavy atom. The third kappa shape index (κ3) is 3.75. The molecule has 2 aromatic carbocycles. The van der Waals surface area contributed by atoms with E-state index in [1.54, 1.807) is 23.8 Å². The van der Waals surface area contributed by atoms with Crippen LogP contribution in [-0.4, -0.2) is 25.3 Å². The van der Waals surface area contributed by atoms with Gasteiger partial charge in [-0.25, -0.2) is 9.69 Å². The molecule has 5 nitrogen and oxygen atoms in total. The van der Waals surface area contributed by atoms with Crippen molar-refractivity contribution in [3.05, 3.63) is 36.4 Å². The number of carbonyl (C=O) groups excluding carboxylic acids is 1. The first kappa shape index (κ1) is 18.5. The SMILES string of the molecule is CCNc1ccc2c(c1)Sc1cc(OC)ccc1N2C(=O)OC(C)(C)C. The molecular weight excluding hydrogens is 348 g/mol. The number of ether oxygens (including phenoxy) is 2. The number of nitrogens with zero attached hydrogens (tertiary/aromatic N) is 1. The molecule has 0 radical (unpaired) electrons. The Bertz CT molecular complexity index is 830. The largest absolute Gasteiger partial charge is 0.497 e. The van der Waals surface area contributed by atoms with Gasteiger partial charge in [0.1, 0.15) is 11.4 Å². The number of rotatable bonds is 3. The van der Waals surface area contributed by atoms with Crippen LogP contribution in [0.3, 0.4) is 0 Å². The van der Waals surface area contributed by atoms with E-state index in [9.17, 15) is 4.79 Å². The molecule has 1 aliphatic heterocycles. The fraction of sp³-hybridized carbons (Fsp3) is 0.350. The molecule has 0 aliphatic carbocycles. The van der Waals surface area contributed by atoms with E-state index in [0.717, 1.165) is 39.1 Å². The number of hydrogen-bond acceptors (Lipinski definition) is 5. The zero-order chi connectivity index (χ0) is 18.9. The summed E-state index contributed by atoms with van der Waals surface area (Å²) >= 11 is 1.62. The Morgan fingerprint density at radius 3 is 2.38 bits per heavy atom. The van der Waals surface area contributed by atoms with Gasteiger partial charge in [0.25, 0.3) is 0 Å². The number of benzene rings is 2. The topological polar surface area (TPSA) is 50.8 Å². The number of anilines is 3. The van der Waals surface area contributed by atoms with Crippen molar-refractivity contribution in [1.82, 2.24) is 0 Å². The van der Waals surface area contributed by atoms with Crippen LogP contribution in [0, 0.1) is 0 Å². The van der Waals surface area contributed by atoms with E-state index in [4.69, 9.17) is 9.47 Å². The zero-order valence-corrected chi connectivity index (χ0v) is 16.6. The first-order valence-electron chi connectivity index (χ1n) is 8.59. The Hall–Kier alpha value is -2.34. The molecule has 0 saturated heterocycles. The highest BCUT2D eigenvalue weighted by atomic mass is 32.2. The maximum Gasteiger partial charge on any atom is 0.419 e. The maximum absolute atomic E-state index is 13.0. The summed E-state index contributed by atoms with van der Waals surface area (Å²) in [6, 6.07) is 11.7. The number of nitrogens with one attached hydrogen (secondary N) is 1. The second-order valence-electron chi connectivity index (χ2n) is 6.96. The number of methoxy groups -OCH3 is 1. The molecule has 1 N–H and O–H groups in total. The van der Waals surface area contributed by atoms with Gasteiger partial charge in [-0.1, -0.05) is 11.8 Å². The Balaban J connectivity index is 2.09. The molecule has 0 saturated carbocycles. The lowest BCUT2D eigenvalue weighted by atomic mass is 10.2. The quantitative estimate of drug-likeness (QED) is 0.753. The zero-order valence-electron chi connectivity index (χ0n) is 15.8. The lowest BCUT2D eigenvalue weighted by Gasteiger charge is -2.33. The van der Waals surface area contributed by atoms with Crippen LogP contribution in [0.5, 0.6) is 5.75 Å². The summed E-state index contributed by atoms with van der Waals surface area (Å²) in [6.07, 6.45) is -0.387. The molecule has 138 valence electrons. The predicted octanol–water partition coefficient (Wildman–Crippen LogP) is 5.66. The van der Waals surface area contributed by atoms with Crippen molar-refractivity contribution in [2.45, 2.75) is 43.1 Å². The summed E-state index contributed by atoms with van der Waals surface area (Å²) < 4.78 is 11.0. The van der Waals surface area contributed by atoms with Gasteiger partial charge in [0.2, 0.25) is 0 Å². The lowest BCUT2D eigenvalue weighted by molar-refractivity contribution is 0.0597. The van der Waals surface area contributed by atoms with E-state index in [0.29, 0.717) is 0 Å². The van der Waals surface area contributed by atoms with Gasteiger partial charge < -0.3 is 14.8 Å². The monoisotopic (exact) mass is 372 g/mol. The summed E-state index contributed by atoms with van der Waals surface area (Å²) in [5, 5.41) is 3.31. The molecular formula is C20H24N2O3S. The minimum atomic E-state index is -0.571. The molecule has 0 spiro atoms. The van der Waals surface area contributed by atoms with Crippen molar-refractivity contribution in [3.63, 3.8) is 0 Å². The van der Waals surface area contributed by atoms with Gasteiger partial charge in [-0.2, -0.15) is 0 Å². The Kier molecular flexibility index (Phi) is 5.05. The summed E-state index contributed by atoms with van der Waals surface area (Å²) in [6.45, 7) is 8.50. The molecule has 6 heteroatoms. The van der Waals surface area contributed by atoms with Gasteiger partial charge in [0.05, 0.1) is 18.5 Å². The minimum Gasteiger partial charge on any atom is -0.497 e. The van der Waals surface area contributed by atoms with Crippen LogP contribution in [0.1, 0.15) is 27.7 Å². The van der Waals surface area contributed by atoms with Gasteiger partial charge in [0.15, 0.2) is 0 Å². The van der Waals surface area contributed by atoms with Crippen molar-refractivity contribution >= 4 is 34.9 Å². The van der Waals surface area contributed by atoms with Crippen molar-refractivity contribution in [1.29, 1.82) is 0 Å². The maximum atomic E-state index is 13.0. The molecule has 1 aliphatic rings. The molecule has 2 aromatic rings. The van der Waals surface area contributed by atoms with Crippen LogP contribution in [-0.2, 0) is 4.74 Å². The normalized spacial score (nSPS) is 12.9. The third-order valence-corrected chi connectivity index (χ3v) is 4.88. The molecule has 0 atom stereocenters. The summed E-state index contributed by atoms with van der Waals surface area (Å²) in [5.41, 5.74) is 2.07. The Labute approximate surface area is 158 Å². The van der Waals surface area contributed by atoms with Crippen LogP contribution in [0.25, 0.3) is 0 Å². The smallest absolute Gasteiger partial charge is 0.419 e. The second kappa shape index (κ2) is 7.11. The molecule has 1 heterocycles. The second-order valence-corrected chi connectivity index (χ2v) is 8.05. The molecule has 0 fully saturated rings. The van der Waals surface area contributed by atoms with Gasteiger partial charge in [-0.3, -0.25) is 0 Å². The van der Waals surface area contributed by atoms with Crippen molar-refractivity contribution in [2.24, 2.45) is 0 Å². The van der Waals surface area contributed by atoms with E-state index in [1.165, 1.54) is 0 Å². The Morgan fingerprint density at radius 1 is 1.12 bits per heavy atom. The number of amides is 1. The molecule has 0 aromatic heterocycles. The van der Waals surface area contributed by atoms with E-state index >= 15 is 0 Å². The third-order valence-electron chi connectivity index (χ3n) is 3.79. The fourth-order valence-electron chi connectivity index (χ4n) is 2.74. The summed E-state index contributed by atoms with van der Waals surface area (Å²) in [4.78, 5) is 16.5. The summed E-state index contributed by atoms with van der Waals surface area (Å²) in [5.74, 6) is 0.756. The van der Waals surface area contributed by atoms with E-state index in [-0.39, 0.29) is 6.09 Å². The molecule has 26 heavy (non-hydrogen) atoms. The first-order chi connectivity index (χ1) is 12.3. The highest BCUT2D eigenvalue weighted by molar-refractivity contribution is 7.99. The van der Waals surface area contributed by atoms with Crippen LogP contribution in [0.15, 0.2) is 46.2 Å². The van der Waals surface area contributed by atoms with Crippen LogP contribution in [0.2, 0.25) is 0 Å². The van der Waals surface area contributed by atoms with Crippen molar-refractivity contribution in [2.75, 3.05) is 23.9 Å². The molecule has 1 amide bonds. The standard InChI is InChI=1S/C20H24N2O3S/c1-6-21-13-7-9-15-17(11-13)26-18-12-14(24-5)8-10-16(18)22(15)19(23)25-20(2,3)4/h7-12,21H,6H2,1-5H3. The molecule has 0 unspecified atom stereocenters. The number of fused-ring (bicyclic) bond motifs is 2. The van der Waals surface area contributed by atoms with Crippen LogP contribution < -0.4 is 15.0 Å². The van der Waals surface area contributed by atoms with Crippen molar-refractivity contribution < 1.29 is 14.3 Å². The summed E-state index contributed by atoms with van der Waals surface area (Å²) in [7, 11) is 1.64. The van der Waals surface area contributed by atoms with Gasteiger partial charge in [0, 0.05) is 22.0 Å². The van der Waals surface area contributed by atoms with E-state index in [1.807, 2.05) is 51.1 Å². The average Bonchev–Trinajstić information content (AvgIpc) is 2.57. The molecule has 0 bridgehead atoms. The predicted molar refractivity (Wildman–Crippen MR) is 106 cm³/mol. The van der Waals surface area contributed by atoms with Crippen LogP contribution in [0.4, 0.5) is 21.9 Å². The van der Waals surface area contributed by atoms with Gasteiger partial charge >= 0.3 is 6.09 Å². The van der Waals surface area contributed by atoms with E-state index in [2.05, 4.69) is 18.3 Å². The van der Waals surface area contributed by atoms with Gasteiger partial charge in [-0.05, 0) is 64.1 Å².